The van der Waals surface area contributed by atoms with Crippen molar-refractivity contribution in [2.45, 2.75) is 58.5 Å². The van der Waals surface area contributed by atoms with Gasteiger partial charge in [0.05, 0.1) is 31.0 Å². The Kier molecular flexibility index (Phi) is 4.68. The number of ketones is 1. The quantitative estimate of drug-likeness (QED) is 0.590. The highest BCUT2D eigenvalue weighted by molar-refractivity contribution is 5.80. The van der Waals surface area contributed by atoms with E-state index < -0.39 is 5.97 Å². The van der Waals surface area contributed by atoms with Gasteiger partial charge in [-0.15, -0.1) is 0 Å². The molecule has 16 heavy (non-hydrogen) atoms. The van der Waals surface area contributed by atoms with E-state index in [1.54, 1.807) is 0 Å². The second kappa shape index (κ2) is 4.95. The minimum absolute atomic E-state index is 0.110. The number of carbonyl (C=O) groups excluding carboxylic acids is 2. The van der Waals surface area contributed by atoms with Gasteiger partial charge in [-0.05, 0) is 34.6 Å². The molecule has 0 aromatic heterocycles. The first kappa shape index (κ1) is 15.1. The van der Waals surface area contributed by atoms with Crippen molar-refractivity contribution in [2.24, 2.45) is 0 Å². The number of hydrogen-bond acceptors (Lipinski definition) is 3. The summed E-state index contributed by atoms with van der Waals surface area (Å²) in [6.45, 7) is 9.64. The first-order chi connectivity index (χ1) is 6.99. The van der Waals surface area contributed by atoms with Crippen molar-refractivity contribution in [1.82, 2.24) is 0 Å². The maximum atomic E-state index is 11.4. The molecule has 4 nitrogen and oxygen atoms in total. The molecule has 0 saturated carbocycles. The Morgan fingerprint density at radius 2 is 1.44 bits per heavy atom. The smallest absolute Gasteiger partial charge is 0.145 e. The van der Waals surface area contributed by atoms with Crippen molar-refractivity contribution in [1.29, 1.82) is 0 Å². The van der Waals surface area contributed by atoms with E-state index in [4.69, 9.17) is 9.90 Å². The molecular formula is C12H23NO3. The molecule has 0 aromatic rings. The monoisotopic (exact) mass is 229 g/mol. The SMILES string of the molecule is CC(=O)[O-].C[NH+]1C(C)(C)CC(=O)CC1(C)C. The Morgan fingerprint density at radius 3 is 1.69 bits per heavy atom. The van der Waals surface area contributed by atoms with Gasteiger partial charge in [-0.3, -0.25) is 4.79 Å². The number of Topliss-reactive ketones (excluding diaryl/α,β-unsaturated/α-hetero) is 1. The number of carbonyl (C=O) groups is 2. The molecular weight excluding hydrogens is 206 g/mol. The van der Waals surface area contributed by atoms with Gasteiger partial charge in [0.2, 0.25) is 0 Å². The Labute approximate surface area is 97.6 Å². The molecule has 1 rings (SSSR count). The summed E-state index contributed by atoms with van der Waals surface area (Å²) in [6.07, 6.45) is 1.45. The van der Waals surface area contributed by atoms with Gasteiger partial charge in [0.15, 0.2) is 0 Å². The lowest BCUT2D eigenvalue weighted by atomic mass is 9.80. The maximum Gasteiger partial charge on any atom is 0.145 e. The van der Waals surface area contributed by atoms with Crippen LogP contribution in [-0.4, -0.2) is 29.9 Å². The fourth-order valence-corrected chi connectivity index (χ4v) is 2.23. The lowest BCUT2D eigenvalue weighted by Gasteiger charge is -2.46. The van der Waals surface area contributed by atoms with Crippen LogP contribution in [0.5, 0.6) is 0 Å². The minimum atomic E-state index is -1.08. The predicted molar refractivity (Wildman–Crippen MR) is 60.0 cm³/mol. The summed E-state index contributed by atoms with van der Waals surface area (Å²) in [5.74, 6) is -0.671. The van der Waals surface area contributed by atoms with Crippen LogP contribution in [0.1, 0.15) is 47.5 Å². The molecule has 0 radical (unpaired) electrons. The zero-order chi connectivity index (χ0) is 13.1. The number of quaternary nitrogens is 1. The summed E-state index contributed by atoms with van der Waals surface area (Å²) in [5, 5.41) is 8.89. The van der Waals surface area contributed by atoms with Crippen molar-refractivity contribution in [3.8, 4) is 0 Å². The highest BCUT2D eigenvalue weighted by Gasteiger charge is 2.46. The Balaban J connectivity index is 0.000000487. The van der Waals surface area contributed by atoms with Gasteiger partial charge in [0.25, 0.3) is 0 Å². The van der Waals surface area contributed by atoms with Crippen LogP contribution in [0.15, 0.2) is 0 Å². The topological polar surface area (TPSA) is 61.6 Å². The Hall–Kier alpha value is -0.900. The van der Waals surface area contributed by atoms with Crippen LogP contribution in [0.3, 0.4) is 0 Å². The largest absolute Gasteiger partial charge is 0.550 e. The van der Waals surface area contributed by atoms with Crippen molar-refractivity contribution < 1.29 is 19.6 Å². The molecule has 4 heteroatoms. The summed E-state index contributed by atoms with van der Waals surface area (Å²) >= 11 is 0. The van der Waals surface area contributed by atoms with E-state index in [9.17, 15) is 4.79 Å². The first-order valence-electron chi connectivity index (χ1n) is 5.53. The van der Waals surface area contributed by atoms with E-state index in [0.29, 0.717) is 5.78 Å². The number of carboxylic acid groups (broad SMARTS) is 1. The molecule has 1 aliphatic rings. The molecule has 0 aromatic carbocycles. The van der Waals surface area contributed by atoms with Gasteiger partial charge >= 0.3 is 0 Å². The Bertz CT molecular complexity index is 258. The zero-order valence-electron chi connectivity index (χ0n) is 11.1. The Morgan fingerprint density at radius 1 is 1.19 bits per heavy atom. The number of carboxylic acids is 1. The van der Waals surface area contributed by atoms with Crippen LogP contribution >= 0.6 is 0 Å². The zero-order valence-corrected chi connectivity index (χ0v) is 11.1. The third-order valence-corrected chi connectivity index (χ3v) is 3.31. The van der Waals surface area contributed by atoms with E-state index >= 15 is 0 Å². The van der Waals surface area contributed by atoms with E-state index in [-0.39, 0.29) is 11.1 Å². The summed E-state index contributed by atoms with van der Waals surface area (Å²) in [5.41, 5.74) is 0.220. The second-order valence-electron chi connectivity index (χ2n) is 5.78. The van der Waals surface area contributed by atoms with E-state index in [1.807, 2.05) is 0 Å². The number of hydrogen-bond donors (Lipinski definition) is 1. The van der Waals surface area contributed by atoms with Gasteiger partial charge in [0, 0.05) is 5.97 Å². The van der Waals surface area contributed by atoms with E-state index in [0.717, 1.165) is 19.8 Å². The fourth-order valence-electron chi connectivity index (χ4n) is 2.23. The molecule has 0 spiro atoms. The molecule has 0 atom stereocenters. The second-order valence-corrected chi connectivity index (χ2v) is 5.78. The van der Waals surface area contributed by atoms with Crippen LogP contribution < -0.4 is 10.0 Å². The summed E-state index contributed by atoms with van der Waals surface area (Å²) in [4.78, 5) is 21.8. The molecule has 0 bridgehead atoms. The highest BCUT2D eigenvalue weighted by atomic mass is 16.4. The number of likely N-dealkylation sites (tertiary alicyclic amines) is 1. The average molecular weight is 229 g/mol. The molecule has 0 aliphatic carbocycles. The van der Waals surface area contributed by atoms with Crippen molar-refractivity contribution in [2.75, 3.05) is 7.05 Å². The minimum Gasteiger partial charge on any atom is -0.550 e. The summed E-state index contributed by atoms with van der Waals surface area (Å²) < 4.78 is 0. The lowest BCUT2D eigenvalue weighted by Crippen LogP contribution is -3.24. The standard InChI is InChI=1S/C10H19NO.C2H4O2/c1-9(2)6-8(12)7-10(3,4)11(9)5;1-2(3)4/h6-7H2,1-5H3;1H3,(H,3,4). The predicted octanol–water partition coefficient (Wildman–Crippen LogP) is -0.823. The molecule has 1 saturated heterocycles. The molecule has 0 amide bonds. The van der Waals surface area contributed by atoms with Crippen molar-refractivity contribution in [3.05, 3.63) is 0 Å². The van der Waals surface area contributed by atoms with Crippen LogP contribution in [0.4, 0.5) is 0 Å². The van der Waals surface area contributed by atoms with Gasteiger partial charge < -0.3 is 14.8 Å². The number of rotatable bonds is 0. The van der Waals surface area contributed by atoms with Crippen LogP contribution in [0.25, 0.3) is 0 Å². The molecule has 1 heterocycles. The first-order valence-corrected chi connectivity index (χ1v) is 5.53. The molecule has 94 valence electrons. The van der Waals surface area contributed by atoms with E-state index in [2.05, 4.69) is 34.7 Å². The van der Waals surface area contributed by atoms with Crippen LogP contribution in [0, 0.1) is 0 Å². The maximum absolute atomic E-state index is 11.4. The fraction of sp³-hybridized carbons (Fsp3) is 0.833. The van der Waals surface area contributed by atoms with Crippen LogP contribution in [-0.2, 0) is 9.59 Å². The lowest BCUT2D eigenvalue weighted by molar-refractivity contribution is -0.978. The van der Waals surface area contributed by atoms with Crippen LogP contribution in [0.2, 0.25) is 0 Å². The van der Waals surface area contributed by atoms with Gasteiger partial charge in [-0.25, -0.2) is 0 Å². The molecule has 0 unspecified atom stereocenters. The van der Waals surface area contributed by atoms with Crippen molar-refractivity contribution in [3.63, 3.8) is 0 Å². The van der Waals surface area contributed by atoms with Gasteiger partial charge in [-0.2, -0.15) is 0 Å². The number of piperidine rings is 1. The number of nitrogens with one attached hydrogen (secondary N) is 1. The van der Waals surface area contributed by atoms with E-state index in [1.165, 1.54) is 4.90 Å². The van der Waals surface area contributed by atoms with Gasteiger partial charge in [0.1, 0.15) is 5.78 Å². The number of aliphatic carboxylic acids is 1. The third-order valence-electron chi connectivity index (χ3n) is 3.31. The molecule has 1 fully saturated rings. The summed E-state index contributed by atoms with van der Waals surface area (Å²) in [6, 6.07) is 0. The highest BCUT2D eigenvalue weighted by Crippen LogP contribution is 2.19. The normalized spacial score (nSPS) is 23.2. The molecule has 1 N–H and O–H groups in total. The summed E-state index contributed by atoms with van der Waals surface area (Å²) in [7, 11) is 2.19. The van der Waals surface area contributed by atoms with Gasteiger partial charge in [-0.1, -0.05) is 0 Å². The van der Waals surface area contributed by atoms with Crippen molar-refractivity contribution >= 4 is 11.8 Å². The third kappa shape index (κ3) is 4.31. The average Bonchev–Trinajstić information content (AvgIpc) is 1.96. The molecule has 1 aliphatic heterocycles.